The lowest BCUT2D eigenvalue weighted by atomic mass is 9.96. The van der Waals surface area contributed by atoms with Crippen LogP contribution >= 0.6 is 22.9 Å². The van der Waals surface area contributed by atoms with Gasteiger partial charge >= 0.3 is 6.18 Å². The van der Waals surface area contributed by atoms with Crippen LogP contribution in [0, 0.1) is 0 Å². The zero-order valence-electron chi connectivity index (χ0n) is 14.1. The Labute approximate surface area is 158 Å². The number of rotatable bonds is 4. The molecule has 0 spiro atoms. The maximum Gasteiger partial charge on any atom is 0.405 e. The van der Waals surface area contributed by atoms with Gasteiger partial charge in [-0.1, -0.05) is 11.6 Å². The molecule has 26 heavy (non-hydrogen) atoms. The van der Waals surface area contributed by atoms with E-state index >= 15 is 0 Å². The molecule has 1 aromatic carbocycles. The summed E-state index contributed by atoms with van der Waals surface area (Å²) in [5.41, 5.74) is 0.889. The minimum absolute atomic E-state index is 0.299. The van der Waals surface area contributed by atoms with Crippen molar-refractivity contribution >= 4 is 39.1 Å². The van der Waals surface area contributed by atoms with Gasteiger partial charge in [0.25, 0.3) is 0 Å². The van der Waals surface area contributed by atoms with E-state index in [9.17, 15) is 18.0 Å². The molecule has 1 atom stereocenters. The second-order valence-corrected chi connectivity index (χ2v) is 7.98. The summed E-state index contributed by atoms with van der Waals surface area (Å²) in [6.07, 6.45) is -2.74. The molecule has 0 aliphatic carbocycles. The summed E-state index contributed by atoms with van der Waals surface area (Å²) in [7, 11) is 0. The Balaban J connectivity index is 1.57. The molecular formula is C17H19ClF3N3OS. The average molecular weight is 406 g/mol. The Bertz CT molecular complexity index is 787. The first-order valence-electron chi connectivity index (χ1n) is 8.37. The minimum Gasteiger partial charge on any atom is -0.346 e. The number of amides is 1. The van der Waals surface area contributed by atoms with Crippen molar-refractivity contribution in [1.82, 2.24) is 15.2 Å². The maximum absolute atomic E-state index is 12.2. The van der Waals surface area contributed by atoms with Crippen molar-refractivity contribution in [1.29, 1.82) is 0 Å². The molecule has 1 fully saturated rings. The minimum atomic E-state index is -4.39. The third kappa shape index (κ3) is 4.66. The van der Waals surface area contributed by atoms with E-state index in [0.717, 1.165) is 28.1 Å². The topological polar surface area (TPSA) is 45.2 Å². The van der Waals surface area contributed by atoms with E-state index in [1.807, 2.05) is 28.4 Å². The van der Waals surface area contributed by atoms with Crippen LogP contribution < -0.4 is 5.32 Å². The number of hydrogen-bond donors (Lipinski definition) is 1. The molecule has 1 aromatic heterocycles. The van der Waals surface area contributed by atoms with Gasteiger partial charge in [0.05, 0.1) is 21.3 Å². The van der Waals surface area contributed by atoms with E-state index in [1.165, 1.54) is 0 Å². The molecule has 1 saturated heterocycles. The fraction of sp³-hybridized carbons (Fsp3) is 0.529. The molecule has 2 heterocycles. The van der Waals surface area contributed by atoms with Gasteiger partial charge in [-0.3, -0.25) is 9.69 Å². The number of hydrogen-bond acceptors (Lipinski definition) is 4. The lowest BCUT2D eigenvalue weighted by Crippen LogP contribution is -2.49. The third-order valence-corrected chi connectivity index (χ3v) is 6.07. The largest absolute Gasteiger partial charge is 0.405 e. The van der Waals surface area contributed by atoms with Crippen molar-refractivity contribution in [2.75, 3.05) is 19.6 Å². The molecule has 0 saturated carbocycles. The van der Waals surface area contributed by atoms with Crippen molar-refractivity contribution in [2.24, 2.45) is 0 Å². The van der Waals surface area contributed by atoms with Gasteiger partial charge in [0.15, 0.2) is 0 Å². The van der Waals surface area contributed by atoms with Crippen LogP contribution in [0.4, 0.5) is 13.2 Å². The SMILES string of the molecule is CC(C(=O)NCC(F)(F)F)N1CCC(c2nc3cc(Cl)ccc3s2)CC1. The Morgan fingerprint density at radius 1 is 1.42 bits per heavy atom. The van der Waals surface area contributed by atoms with E-state index < -0.39 is 24.7 Å². The van der Waals surface area contributed by atoms with Crippen molar-refractivity contribution in [3.63, 3.8) is 0 Å². The molecule has 9 heteroatoms. The zero-order chi connectivity index (χ0) is 18.9. The number of nitrogens with one attached hydrogen (secondary N) is 1. The quantitative estimate of drug-likeness (QED) is 0.829. The van der Waals surface area contributed by atoms with Gasteiger partial charge < -0.3 is 5.32 Å². The summed E-state index contributed by atoms with van der Waals surface area (Å²) in [5, 5.41) is 3.66. The van der Waals surface area contributed by atoms with E-state index in [2.05, 4.69) is 4.98 Å². The summed E-state index contributed by atoms with van der Waals surface area (Å²) in [5.74, 6) is -0.289. The van der Waals surface area contributed by atoms with E-state index in [4.69, 9.17) is 11.6 Å². The average Bonchev–Trinajstić information content (AvgIpc) is 3.01. The van der Waals surface area contributed by atoms with Crippen molar-refractivity contribution in [3.8, 4) is 0 Å². The summed E-state index contributed by atoms with van der Waals surface area (Å²) in [4.78, 5) is 18.5. The van der Waals surface area contributed by atoms with Crippen LogP contribution in [0.15, 0.2) is 18.2 Å². The zero-order valence-corrected chi connectivity index (χ0v) is 15.7. The number of carbonyl (C=O) groups is 1. The number of likely N-dealkylation sites (tertiary alicyclic amines) is 1. The highest BCUT2D eigenvalue weighted by molar-refractivity contribution is 7.18. The van der Waals surface area contributed by atoms with Crippen LogP contribution in [0.1, 0.15) is 30.7 Å². The molecule has 1 unspecified atom stereocenters. The smallest absolute Gasteiger partial charge is 0.346 e. The van der Waals surface area contributed by atoms with Crippen LogP contribution in [-0.2, 0) is 4.79 Å². The molecule has 0 bridgehead atoms. The van der Waals surface area contributed by atoms with Gasteiger partial charge in [0, 0.05) is 10.9 Å². The second kappa shape index (κ2) is 7.70. The first-order chi connectivity index (χ1) is 12.2. The fourth-order valence-electron chi connectivity index (χ4n) is 3.13. The van der Waals surface area contributed by atoms with Crippen LogP contribution in [-0.4, -0.2) is 47.6 Å². The van der Waals surface area contributed by atoms with Gasteiger partial charge in [-0.2, -0.15) is 13.2 Å². The molecule has 3 rings (SSSR count). The molecule has 142 valence electrons. The van der Waals surface area contributed by atoms with E-state index in [-0.39, 0.29) is 0 Å². The number of carbonyl (C=O) groups excluding carboxylic acids is 1. The monoisotopic (exact) mass is 405 g/mol. The Morgan fingerprint density at radius 3 is 2.77 bits per heavy atom. The molecule has 1 N–H and O–H groups in total. The fourth-order valence-corrected chi connectivity index (χ4v) is 4.41. The van der Waals surface area contributed by atoms with Gasteiger partial charge in [-0.25, -0.2) is 4.98 Å². The molecule has 0 radical (unpaired) electrons. The number of piperidine rings is 1. The van der Waals surface area contributed by atoms with Gasteiger partial charge in [-0.15, -0.1) is 11.3 Å². The normalized spacial score (nSPS) is 18.2. The first kappa shape index (κ1) is 19.4. The standard InChI is InChI=1S/C17H19ClF3N3OS/c1-10(15(25)22-9-17(19,20)21)24-6-4-11(5-7-24)16-23-13-8-12(18)2-3-14(13)26-16/h2-3,8,10-11H,4-7,9H2,1H3,(H,22,25). The number of benzene rings is 1. The second-order valence-electron chi connectivity index (χ2n) is 6.48. The summed E-state index contributed by atoms with van der Waals surface area (Å²) in [6, 6.07) is 5.07. The number of nitrogens with zero attached hydrogens (tertiary/aromatic N) is 2. The van der Waals surface area contributed by atoms with E-state index in [0.29, 0.717) is 24.0 Å². The first-order valence-corrected chi connectivity index (χ1v) is 9.57. The molecule has 2 aromatic rings. The van der Waals surface area contributed by atoms with Crippen molar-refractivity contribution in [2.45, 2.75) is 37.9 Å². The highest BCUT2D eigenvalue weighted by atomic mass is 35.5. The Kier molecular flexibility index (Phi) is 5.74. The number of fused-ring (bicyclic) bond motifs is 1. The molecule has 1 amide bonds. The van der Waals surface area contributed by atoms with Crippen LogP contribution in [0.3, 0.4) is 0 Å². The summed E-state index contributed by atoms with van der Waals surface area (Å²) < 4.78 is 37.8. The van der Waals surface area contributed by atoms with Gasteiger partial charge in [0.1, 0.15) is 6.54 Å². The number of thiazole rings is 1. The van der Waals surface area contributed by atoms with E-state index in [1.54, 1.807) is 18.3 Å². The van der Waals surface area contributed by atoms with Gasteiger partial charge in [-0.05, 0) is 51.1 Å². The molecular weight excluding hydrogens is 387 g/mol. The van der Waals surface area contributed by atoms with Crippen LogP contribution in [0.5, 0.6) is 0 Å². The molecule has 1 aliphatic rings. The molecule has 4 nitrogen and oxygen atoms in total. The summed E-state index contributed by atoms with van der Waals surface area (Å²) >= 11 is 7.65. The van der Waals surface area contributed by atoms with Gasteiger partial charge in [0.2, 0.25) is 5.91 Å². The lowest BCUT2D eigenvalue weighted by Gasteiger charge is -2.34. The number of aromatic nitrogens is 1. The molecule has 1 aliphatic heterocycles. The van der Waals surface area contributed by atoms with Crippen molar-refractivity contribution < 1.29 is 18.0 Å². The maximum atomic E-state index is 12.2. The van der Waals surface area contributed by atoms with Crippen LogP contribution in [0.25, 0.3) is 10.2 Å². The van der Waals surface area contributed by atoms with Crippen LogP contribution in [0.2, 0.25) is 5.02 Å². The Hall–Kier alpha value is -1.38. The summed E-state index contributed by atoms with van der Waals surface area (Å²) in [6.45, 7) is 1.66. The number of halogens is 4. The van der Waals surface area contributed by atoms with Crippen molar-refractivity contribution in [3.05, 3.63) is 28.2 Å². The lowest BCUT2D eigenvalue weighted by molar-refractivity contribution is -0.141. The predicted octanol–water partition coefficient (Wildman–Crippen LogP) is 4.20. The Morgan fingerprint density at radius 2 is 2.12 bits per heavy atom. The highest BCUT2D eigenvalue weighted by Crippen LogP contribution is 2.35. The predicted molar refractivity (Wildman–Crippen MR) is 96.7 cm³/mol. The third-order valence-electron chi connectivity index (χ3n) is 4.64. The highest BCUT2D eigenvalue weighted by Gasteiger charge is 2.32. The number of alkyl halides is 3.